The van der Waals surface area contributed by atoms with Crippen molar-refractivity contribution < 1.29 is 19.4 Å². The van der Waals surface area contributed by atoms with E-state index in [-0.39, 0.29) is 18.0 Å². The van der Waals surface area contributed by atoms with Crippen LogP contribution in [0.5, 0.6) is 0 Å². The Morgan fingerprint density at radius 3 is 1.62 bits per heavy atom. The van der Waals surface area contributed by atoms with Gasteiger partial charge in [-0.2, -0.15) is 0 Å². The van der Waals surface area contributed by atoms with E-state index in [9.17, 15) is 14.7 Å². The van der Waals surface area contributed by atoms with Crippen LogP contribution in [-0.4, -0.2) is 23.1 Å². The molecule has 34 heavy (non-hydrogen) atoms. The predicted octanol–water partition coefficient (Wildman–Crippen LogP) is 6.15. The van der Waals surface area contributed by atoms with Crippen LogP contribution >= 0.6 is 0 Å². The summed E-state index contributed by atoms with van der Waals surface area (Å²) in [6.07, 6.45) is 3.81. The molecule has 0 amide bonds. The number of carbonyl (C=O) groups is 2. The van der Waals surface area contributed by atoms with Crippen LogP contribution in [0.4, 0.5) is 0 Å². The molecular formula is C30H30O4. The highest BCUT2D eigenvalue weighted by Gasteiger charge is 2.59. The maximum atomic E-state index is 13.8. The molecule has 2 saturated carbocycles. The number of hydrogen-bond acceptors (Lipinski definition) is 3. The molecule has 2 aliphatic rings. The van der Waals surface area contributed by atoms with E-state index >= 15 is 0 Å². The molecule has 0 spiro atoms. The second-order valence-corrected chi connectivity index (χ2v) is 9.54. The van der Waals surface area contributed by atoms with Crippen molar-refractivity contribution >= 4 is 11.9 Å². The van der Waals surface area contributed by atoms with Crippen molar-refractivity contribution in [3.8, 4) is 0 Å². The minimum absolute atomic E-state index is 0.180. The third kappa shape index (κ3) is 4.25. The number of hydrogen-bond donors (Lipinski definition) is 1. The van der Waals surface area contributed by atoms with E-state index in [0.29, 0.717) is 0 Å². The van der Waals surface area contributed by atoms with Crippen LogP contribution in [0, 0.1) is 11.8 Å². The van der Waals surface area contributed by atoms with E-state index in [2.05, 4.69) is 12.1 Å². The first-order valence-corrected chi connectivity index (χ1v) is 12.2. The molecule has 174 valence electrons. The van der Waals surface area contributed by atoms with Crippen molar-refractivity contribution in [2.75, 3.05) is 0 Å². The summed E-state index contributed by atoms with van der Waals surface area (Å²) in [5, 5.41) is 10.2. The zero-order valence-electron chi connectivity index (χ0n) is 19.1. The summed E-state index contributed by atoms with van der Waals surface area (Å²) in [4.78, 5) is 26.2. The highest BCUT2D eigenvalue weighted by atomic mass is 16.5. The quantitative estimate of drug-likeness (QED) is 0.454. The lowest BCUT2D eigenvalue weighted by Crippen LogP contribution is -2.52. The number of ether oxygens (including phenoxy) is 1. The first-order chi connectivity index (χ1) is 16.6. The van der Waals surface area contributed by atoms with Gasteiger partial charge in [0.2, 0.25) is 0 Å². The second-order valence-electron chi connectivity index (χ2n) is 9.54. The van der Waals surface area contributed by atoms with Crippen LogP contribution in [0.25, 0.3) is 0 Å². The van der Waals surface area contributed by atoms with Gasteiger partial charge in [-0.15, -0.1) is 0 Å². The topological polar surface area (TPSA) is 63.6 Å². The largest absolute Gasteiger partial charge is 0.481 e. The van der Waals surface area contributed by atoms with E-state index in [1.807, 2.05) is 78.9 Å². The fraction of sp³-hybridized carbons (Fsp3) is 0.333. The number of esters is 1. The number of carboxylic acid groups (broad SMARTS) is 1. The highest BCUT2D eigenvalue weighted by molar-refractivity contribution is 5.84. The molecule has 0 unspecified atom stereocenters. The molecular weight excluding hydrogens is 424 g/mol. The summed E-state index contributed by atoms with van der Waals surface area (Å²) < 4.78 is 6.26. The Hall–Kier alpha value is -3.40. The second kappa shape index (κ2) is 9.84. The zero-order valence-corrected chi connectivity index (χ0v) is 19.1. The lowest BCUT2D eigenvalue weighted by molar-refractivity contribution is -0.170. The number of rotatable bonds is 6. The molecule has 0 saturated heterocycles. The maximum Gasteiger partial charge on any atom is 0.310 e. The van der Waals surface area contributed by atoms with Crippen molar-refractivity contribution in [1.82, 2.24) is 0 Å². The molecule has 1 N–H and O–H groups in total. The Morgan fingerprint density at radius 1 is 0.647 bits per heavy atom. The van der Waals surface area contributed by atoms with Crippen LogP contribution in [0.15, 0.2) is 91.0 Å². The van der Waals surface area contributed by atoms with E-state index in [1.54, 1.807) is 0 Å². The summed E-state index contributed by atoms with van der Waals surface area (Å²) in [5.74, 6) is -2.97. The standard InChI is InChI=1S/C30H30O4/c31-29(32)27-25(21-14-6-2-7-15-21)28(26(27)22-16-8-3-9-17-22)30(33)34-24-19-11-10-18-23(24)20-12-4-1-5-13-20/h1-9,12-17,23-28H,10-11,18-19H2,(H,31,32)/t23-,24+,25-,26-,27-,28-/m1/s1. The molecule has 2 fully saturated rings. The number of carbonyl (C=O) groups excluding carboxylic acids is 1. The smallest absolute Gasteiger partial charge is 0.310 e. The van der Waals surface area contributed by atoms with Crippen LogP contribution in [-0.2, 0) is 14.3 Å². The molecule has 5 rings (SSSR count). The third-order valence-electron chi connectivity index (χ3n) is 7.67. The summed E-state index contributed by atoms with van der Waals surface area (Å²) >= 11 is 0. The molecule has 4 heteroatoms. The van der Waals surface area contributed by atoms with Crippen LogP contribution in [0.3, 0.4) is 0 Å². The van der Waals surface area contributed by atoms with Crippen LogP contribution < -0.4 is 0 Å². The maximum absolute atomic E-state index is 13.8. The van der Waals surface area contributed by atoms with Crippen LogP contribution in [0.1, 0.15) is 60.1 Å². The Balaban J connectivity index is 1.46. The fourth-order valence-electron chi connectivity index (χ4n) is 6.08. The van der Waals surface area contributed by atoms with E-state index in [1.165, 1.54) is 5.56 Å². The van der Waals surface area contributed by atoms with Crippen molar-refractivity contribution in [2.24, 2.45) is 11.8 Å². The Kier molecular flexibility index (Phi) is 6.48. The zero-order chi connectivity index (χ0) is 23.5. The van der Waals surface area contributed by atoms with Gasteiger partial charge in [-0.25, -0.2) is 0 Å². The summed E-state index contributed by atoms with van der Waals surface area (Å²) in [6.45, 7) is 0. The molecule has 0 bridgehead atoms. The lowest BCUT2D eigenvalue weighted by Gasteiger charge is -2.49. The lowest BCUT2D eigenvalue weighted by atomic mass is 9.52. The van der Waals surface area contributed by atoms with Crippen molar-refractivity contribution in [1.29, 1.82) is 0 Å². The first-order valence-electron chi connectivity index (χ1n) is 12.2. The van der Waals surface area contributed by atoms with Gasteiger partial charge < -0.3 is 9.84 Å². The fourth-order valence-corrected chi connectivity index (χ4v) is 6.08. The molecule has 0 aromatic heterocycles. The Bertz CT molecular complexity index is 1060. The van der Waals surface area contributed by atoms with Gasteiger partial charge in [0, 0.05) is 17.8 Å². The predicted molar refractivity (Wildman–Crippen MR) is 131 cm³/mol. The molecule has 0 aliphatic heterocycles. The van der Waals surface area contributed by atoms with E-state index in [0.717, 1.165) is 36.8 Å². The summed E-state index contributed by atoms with van der Waals surface area (Å²) in [6, 6.07) is 29.4. The SMILES string of the molecule is O=C(O)[C@H]1[C@@H](c2ccccc2)[C@H](C(=O)O[C@H]2CCCC[C@@H]2c2ccccc2)[C@@H]1c1ccccc1. The minimum atomic E-state index is -0.869. The molecule has 0 heterocycles. The Morgan fingerprint density at radius 2 is 1.12 bits per heavy atom. The van der Waals surface area contributed by atoms with Gasteiger partial charge in [-0.1, -0.05) is 97.4 Å². The van der Waals surface area contributed by atoms with Gasteiger partial charge in [-0.05, 0) is 36.0 Å². The molecule has 4 nitrogen and oxygen atoms in total. The van der Waals surface area contributed by atoms with Gasteiger partial charge in [0.05, 0.1) is 11.8 Å². The molecule has 4 atom stereocenters. The Labute approximate surface area is 200 Å². The van der Waals surface area contributed by atoms with Gasteiger partial charge in [0.25, 0.3) is 0 Å². The van der Waals surface area contributed by atoms with E-state index in [4.69, 9.17) is 4.74 Å². The summed E-state index contributed by atoms with van der Waals surface area (Å²) in [7, 11) is 0. The van der Waals surface area contributed by atoms with E-state index < -0.39 is 29.6 Å². The van der Waals surface area contributed by atoms with Gasteiger partial charge in [0.1, 0.15) is 6.10 Å². The van der Waals surface area contributed by atoms with Crippen molar-refractivity contribution in [3.05, 3.63) is 108 Å². The van der Waals surface area contributed by atoms with Crippen molar-refractivity contribution in [3.63, 3.8) is 0 Å². The van der Waals surface area contributed by atoms with Gasteiger partial charge in [0.15, 0.2) is 0 Å². The monoisotopic (exact) mass is 454 g/mol. The molecule has 3 aromatic rings. The molecule has 3 aromatic carbocycles. The van der Waals surface area contributed by atoms with Gasteiger partial charge >= 0.3 is 11.9 Å². The average Bonchev–Trinajstić information content (AvgIpc) is 2.85. The minimum Gasteiger partial charge on any atom is -0.481 e. The normalized spacial score (nSPS) is 28.5. The first kappa shape index (κ1) is 22.4. The summed E-state index contributed by atoms with van der Waals surface area (Å²) in [5.41, 5.74) is 2.97. The van der Waals surface area contributed by atoms with Gasteiger partial charge in [-0.3, -0.25) is 9.59 Å². The average molecular weight is 455 g/mol. The third-order valence-corrected chi connectivity index (χ3v) is 7.67. The van der Waals surface area contributed by atoms with Crippen molar-refractivity contribution in [2.45, 2.75) is 49.5 Å². The highest BCUT2D eigenvalue weighted by Crippen LogP contribution is 2.58. The number of aliphatic carboxylic acids is 1. The van der Waals surface area contributed by atoms with Crippen LogP contribution in [0.2, 0.25) is 0 Å². The molecule has 2 aliphatic carbocycles. The number of carboxylic acids is 1. The molecule has 0 radical (unpaired) electrons. The number of benzene rings is 3.